The van der Waals surface area contributed by atoms with Gasteiger partial charge in [-0.15, -0.1) is 0 Å². The number of rotatable bonds is 8. The summed E-state index contributed by atoms with van der Waals surface area (Å²) in [6.07, 6.45) is 1.15. The molecule has 1 amide bonds. The van der Waals surface area contributed by atoms with Gasteiger partial charge in [0.25, 0.3) is 0 Å². The topological polar surface area (TPSA) is 69.6 Å². The van der Waals surface area contributed by atoms with E-state index in [4.69, 9.17) is 5.11 Å². The fourth-order valence-corrected chi connectivity index (χ4v) is 1.38. The van der Waals surface area contributed by atoms with Crippen molar-refractivity contribution in [1.82, 2.24) is 10.2 Å². The summed E-state index contributed by atoms with van der Waals surface area (Å²) < 4.78 is 0. The molecule has 0 saturated carbocycles. The standard InChI is InChI=1S/C11H22N2O3/c1-4-13(5-2)10(14)7-6-8-12-9(3)11(15)16/h9,12H,4-8H2,1-3H3,(H,15,16)/t9-/m0/s1. The van der Waals surface area contributed by atoms with Crippen molar-refractivity contribution in [1.29, 1.82) is 0 Å². The van der Waals surface area contributed by atoms with Gasteiger partial charge in [0.2, 0.25) is 5.91 Å². The van der Waals surface area contributed by atoms with Gasteiger partial charge in [-0.1, -0.05) is 0 Å². The van der Waals surface area contributed by atoms with Crippen LogP contribution < -0.4 is 5.32 Å². The number of carbonyl (C=O) groups is 2. The molecule has 0 saturated heterocycles. The van der Waals surface area contributed by atoms with Crippen LogP contribution in [0.3, 0.4) is 0 Å². The van der Waals surface area contributed by atoms with Gasteiger partial charge in [-0.3, -0.25) is 9.59 Å². The van der Waals surface area contributed by atoms with Crippen LogP contribution in [0.25, 0.3) is 0 Å². The Morgan fingerprint density at radius 1 is 1.31 bits per heavy atom. The Hall–Kier alpha value is -1.10. The molecule has 0 unspecified atom stereocenters. The summed E-state index contributed by atoms with van der Waals surface area (Å²) in [7, 11) is 0. The summed E-state index contributed by atoms with van der Waals surface area (Å²) in [5, 5.41) is 11.5. The van der Waals surface area contributed by atoms with Crippen LogP contribution in [0.2, 0.25) is 0 Å². The molecule has 0 radical (unpaired) electrons. The number of carboxylic acid groups (broad SMARTS) is 1. The van der Waals surface area contributed by atoms with Gasteiger partial charge < -0.3 is 15.3 Å². The first-order valence-electron chi connectivity index (χ1n) is 5.76. The van der Waals surface area contributed by atoms with Gasteiger partial charge in [-0.2, -0.15) is 0 Å². The minimum absolute atomic E-state index is 0.134. The Balaban J connectivity index is 3.66. The monoisotopic (exact) mass is 230 g/mol. The second-order valence-electron chi connectivity index (χ2n) is 3.68. The van der Waals surface area contributed by atoms with Crippen LogP contribution in [-0.4, -0.2) is 47.6 Å². The molecule has 1 atom stereocenters. The van der Waals surface area contributed by atoms with E-state index in [1.165, 1.54) is 0 Å². The average Bonchev–Trinajstić information content (AvgIpc) is 2.25. The van der Waals surface area contributed by atoms with E-state index in [0.717, 1.165) is 13.1 Å². The predicted octanol–water partition coefficient (Wildman–Crippen LogP) is 0.698. The fourth-order valence-electron chi connectivity index (χ4n) is 1.38. The van der Waals surface area contributed by atoms with Crippen molar-refractivity contribution >= 4 is 11.9 Å². The van der Waals surface area contributed by atoms with Crippen molar-refractivity contribution in [2.75, 3.05) is 19.6 Å². The Kier molecular flexibility index (Phi) is 7.54. The Labute approximate surface area is 96.8 Å². The summed E-state index contributed by atoms with van der Waals surface area (Å²) in [5.74, 6) is -0.732. The zero-order valence-electron chi connectivity index (χ0n) is 10.3. The zero-order chi connectivity index (χ0) is 12.6. The van der Waals surface area contributed by atoms with Gasteiger partial charge in [-0.05, 0) is 33.7 Å². The smallest absolute Gasteiger partial charge is 0.320 e. The molecule has 5 heteroatoms. The van der Waals surface area contributed by atoms with Crippen molar-refractivity contribution in [3.05, 3.63) is 0 Å². The molecule has 0 aromatic carbocycles. The average molecular weight is 230 g/mol. The molecule has 0 spiro atoms. The van der Waals surface area contributed by atoms with Gasteiger partial charge in [0.15, 0.2) is 0 Å². The quantitative estimate of drug-likeness (QED) is 0.602. The van der Waals surface area contributed by atoms with Gasteiger partial charge in [0.1, 0.15) is 6.04 Å². The van der Waals surface area contributed by atoms with E-state index in [1.807, 2.05) is 13.8 Å². The molecule has 0 aromatic heterocycles. The molecule has 0 aliphatic carbocycles. The second-order valence-corrected chi connectivity index (χ2v) is 3.68. The molecular formula is C11H22N2O3. The Bertz CT molecular complexity index is 227. The number of nitrogens with zero attached hydrogens (tertiary/aromatic N) is 1. The largest absolute Gasteiger partial charge is 0.480 e. The number of carbonyl (C=O) groups excluding carboxylic acids is 1. The van der Waals surface area contributed by atoms with Gasteiger partial charge in [-0.25, -0.2) is 0 Å². The summed E-state index contributed by atoms with van der Waals surface area (Å²) in [4.78, 5) is 23.8. The molecule has 2 N–H and O–H groups in total. The lowest BCUT2D eigenvalue weighted by molar-refractivity contribution is -0.138. The SMILES string of the molecule is CCN(CC)C(=O)CCCN[C@@H](C)C(=O)O. The maximum Gasteiger partial charge on any atom is 0.320 e. The molecular weight excluding hydrogens is 208 g/mol. The Morgan fingerprint density at radius 2 is 1.88 bits per heavy atom. The molecule has 0 fully saturated rings. The van der Waals surface area contributed by atoms with Crippen LogP contribution in [0.4, 0.5) is 0 Å². The molecule has 0 rings (SSSR count). The summed E-state index contributed by atoms with van der Waals surface area (Å²) in [5.41, 5.74) is 0. The first kappa shape index (κ1) is 14.9. The highest BCUT2D eigenvalue weighted by Crippen LogP contribution is 1.97. The zero-order valence-corrected chi connectivity index (χ0v) is 10.3. The number of amides is 1. The van der Waals surface area contributed by atoms with Gasteiger partial charge >= 0.3 is 5.97 Å². The van der Waals surface area contributed by atoms with E-state index >= 15 is 0 Å². The van der Waals surface area contributed by atoms with Gasteiger partial charge in [0.05, 0.1) is 0 Å². The molecule has 5 nitrogen and oxygen atoms in total. The highest BCUT2D eigenvalue weighted by Gasteiger charge is 2.11. The first-order valence-corrected chi connectivity index (χ1v) is 5.76. The van der Waals surface area contributed by atoms with Crippen molar-refractivity contribution in [3.63, 3.8) is 0 Å². The van der Waals surface area contributed by atoms with Gasteiger partial charge in [0, 0.05) is 19.5 Å². The number of hydrogen-bond acceptors (Lipinski definition) is 3. The van der Waals surface area contributed by atoms with Crippen LogP contribution in [0.15, 0.2) is 0 Å². The highest BCUT2D eigenvalue weighted by molar-refractivity contribution is 5.76. The van der Waals surface area contributed by atoms with E-state index < -0.39 is 12.0 Å². The minimum atomic E-state index is -0.866. The lowest BCUT2D eigenvalue weighted by Crippen LogP contribution is -2.35. The first-order chi connectivity index (χ1) is 7.52. The van der Waals surface area contributed by atoms with Crippen LogP contribution in [0.5, 0.6) is 0 Å². The Morgan fingerprint density at radius 3 is 2.31 bits per heavy atom. The summed E-state index contributed by atoms with van der Waals surface area (Å²) in [6, 6.07) is -0.552. The third-order valence-electron chi connectivity index (χ3n) is 2.50. The van der Waals surface area contributed by atoms with E-state index in [2.05, 4.69) is 5.32 Å². The maximum atomic E-state index is 11.6. The lowest BCUT2D eigenvalue weighted by atomic mass is 10.2. The number of hydrogen-bond donors (Lipinski definition) is 2. The van der Waals surface area contributed by atoms with Crippen LogP contribution in [0.1, 0.15) is 33.6 Å². The third-order valence-corrected chi connectivity index (χ3v) is 2.50. The minimum Gasteiger partial charge on any atom is -0.480 e. The van der Waals surface area contributed by atoms with Crippen LogP contribution in [-0.2, 0) is 9.59 Å². The molecule has 0 aliphatic rings. The van der Waals surface area contributed by atoms with E-state index in [9.17, 15) is 9.59 Å². The highest BCUT2D eigenvalue weighted by atomic mass is 16.4. The van der Waals surface area contributed by atoms with Crippen molar-refractivity contribution in [2.45, 2.75) is 39.7 Å². The van der Waals surface area contributed by atoms with Crippen LogP contribution in [0, 0.1) is 0 Å². The normalized spacial score (nSPS) is 12.2. The second kappa shape index (κ2) is 8.10. The van der Waals surface area contributed by atoms with E-state index in [-0.39, 0.29) is 5.91 Å². The lowest BCUT2D eigenvalue weighted by Gasteiger charge is -2.18. The van der Waals surface area contributed by atoms with Crippen molar-refractivity contribution in [2.24, 2.45) is 0 Å². The van der Waals surface area contributed by atoms with Crippen LogP contribution >= 0.6 is 0 Å². The molecule has 94 valence electrons. The molecule has 0 bridgehead atoms. The molecule has 0 aliphatic heterocycles. The predicted molar refractivity (Wildman–Crippen MR) is 62.3 cm³/mol. The number of carboxylic acids is 1. The third kappa shape index (κ3) is 5.70. The van der Waals surface area contributed by atoms with Crippen molar-refractivity contribution in [3.8, 4) is 0 Å². The summed E-state index contributed by atoms with van der Waals surface area (Å²) >= 11 is 0. The van der Waals surface area contributed by atoms with E-state index in [0.29, 0.717) is 19.4 Å². The fraction of sp³-hybridized carbons (Fsp3) is 0.818. The number of aliphatic carboxylic acids is 1. The molecule has 0 heterocycles. The van der Waals surface area contributed by atoms with Crippen molar-refractivity contribution < 1.29 is 14.7 Å². The summed E-state index contributed by atoms with van der Waals surface area (Å²) in [6.45, 7) is 7.51. The van der Waals surface area contributed by atoms with E-state index in [1.54, 1.807) is 11.8 Å². The molecule has 16 heavy (non-hydrogen) atoms. The maximum absolute atomic E-state index is 11.6. The molecule has 0 aromatic rings. The number of nitrogens with one attached hydrogen (secondary N) is 1.